The molecule has 7 nitrogen and oxygen atoms in total. The van der Waals surface area contributed by atoms with Crippen LogP contribution in [-0.2, 0) is 14.3 Å². The second-order valence-corrected chi connectivity index (χ2v) is 8.83. The van der Waals surface area contributed by atoms with E-state index in [4.69, 9.17) is 9.47 Å². The maximum atomic E-state index is 13.0. The minimum atomic E-state index is 0.0503. The van der Waals surface area contributed by atoms with Crippen molar-refractivity contribution in [1.29, 1.82) is 0 Å². The van der Waals surface area contributed by atoms with E-state index in [9.17, 15) is 9.59 Å². The van der Waals surface area contributed by atoms with Gasteiger partial charge < -0.3 is 19.3 Å². The summed E-state index contributed by atoms with van der Waals surface area (Å²) in [6, 6.07) is 9.56. The molecule has 1 unspecified atom stereocenters. The lowest BCUT2D eigenvalue weighted by Crippen LogP contribution is -2.53. The number of piperazine rings is 1. The minimum absolute atomic E-state index is 0.0503. The zero-order valence-electron chi connectivity index (χ0n) is 18.4. The fraction of sp³-hybridized carbons (Fsp3) is 0.667. The number of nitrogens with zero attached hydrogens (tertiary/aromatic N) is 3. The van der Waals surface area contributed by atoms with Crippen molar-refractivity contribution in [2.45, 2.75) is 38.2 Å². The summed E-state index contributed by atoms with van der Waals surface area (Å²) in [5.41, 5.74) is 0. The zero-order valence-corrected chi connectivity index (χ0v) is 18.4. The van der Waals surface area contributed by atoms with Crippen molar-refractivity contribution >= 4 is 11.8 Å². The van der Waals surface area contributed by atoms with Crippen molar-refractivity contribution in [2.75, 3.05) is 59.0 Å². The Labute approximate surface area is 185 Å². The second-order valence-electron chi connectivity index (χ2n) is 8.83. The van der Waals surface area contributed by atoms with E-state index in [2.05, 4.69) is 4.90 Å². The van der Waals surface area contributed by atoms with Crippen molar-refractivity contribution in [3.05, 3.63) is 30.3 Å². The molecular formula is C24H35N3O4. The topological polar surface area (TPSA) is 62.3 Å². The van der Waals surface area contributed by atoms with Crippen LogP contribution in [0, 0.1) is 5.92 Å². The molecule has 0 spiro atoms. The molecule has 0 saturated carbocycles. The average Bonchev–Trinajstić information content (AvgIpc) is 3.33. The van der Waals surface area contributed by atoms with Gasteiger partial charge in [-0.2, -0.15) is 0 Å². The molecule has 1 atom stereocenters. The molecule has 1 aromatic rings. The Balaban J connectivity index is 1.13. The summed E-state index contributed by atoms with van der Waals surface area (Å²) in [5, 5.41) is 0. The summed E-state index contributed by atoms with van der Waals surface area (Å²) in [4.78, 5) is 31.8. The molecule has 0 aliphatic carbocycles. The summed E-state index contributed by atoms with van der Waals surface area (Å²) in [6.07, 6.45) is 4.61. The molecule has 7 heteroatoms. The third-order valence-electron chi connectivity index (χ3n) is 6.69. The number of carbonyl (C=O) groups is 2. The summed E-state index contributed by atoms with van der Waals surface area (Å²) in [7, 11) is 0. The van der Waals surface area contributed by atoms with Gasteiger partial charge in [-0.15, -0.1) is 0 Å². The first-order valence-electron chi connectivity index (χ1n) is 11.8. The molecule has 4 rings (SSSR count). The van der Waals surface area contributed by atoms with Crippen molar-refractivity contribution in [1.82, 2.24) is 14.7 Å². The van der Waals surface area contributed by atoms with Gasteiger partial charge in [0.2, 0.25) is 11.8 Å². The van der Waals surface area contributed by atoms with Gasteiger partial charge in [0.1, 0.15) is 5.75 Å². The van der Waals surface area contributed by atoms with Crippen LogP contribution in [0.15, 0.2) is 30.3 Å². The van der Waals surface area contributed by atoms with Gasteiger partial charge in [0.15, 0.2) is 0 Å². The largest absolute Gasteiger partial charge is 0.493 e. The average molecular weight is 430 g/mol. The number of para-hydroxylation sites is 1. The van der Waals surface area contributed by atoms with E-state index in [1.54, 1.807) is 0 Å². The van der Waals surface area contributed by atoms with E-state index in [0.29, 0.717) is 32.2 Å². The molecule has 3 aliphatic heterocycles. The molecule has 170 valence electrons. The lowest BCUT2D eigenvalue weighted by molar-refractivity contribution is -0.142. The standard InChI is InChI=1S/C24H35N3O4/c28-23(10-18-31-21-5-2-1-3-6-21)26-11-8-20(9-12-26)24(29)27-15-13-25(14-16-27)19-22-7-4-17-30-22/h1-3,5-6,20,22H,4,7-19H2. The van der Waals surface area contributed by atoms with Crippen LogP contribution in [0.4, 0.5) is 0 Å². The number of likely N-dealkylation sites (tertiary alicyclic amines) is 1. The Morgan fingerprint density at radius 1 is 0.935 bits per heavy atom. The van der Waals surface area contributed by atoms with Crippen LogP contribution in [0.1, 0.15) is 32.1 Å². The normalized spacial score (nSPS) is 23.2. The lowest BCUT2D eigenvalue weighted by atomic mass is 9.94. The first-order valence-corrected chi connectivity index (χ1v) is 11.8. The number of benzene rings is 1. The fourth-order valence-corrected chi connectivity index (χ4v) is 4.79. The van der Waals surface area contributed by atoms with Gasteiger partial charge in [-0.05, 0) is 37.8 Å². The van der Waals surface area contributed by atoms with Gasteiger partial charge in [0, 0.05) is 58.3 Å². The van der Waals surface area contributed by atoms with Gasteiger partial charge in [-0.1, -0.05) is 18.2 Å². The molecule has 3 fully saturated rings. The molecule has 3 saturated heterocycles. The van der Waals surface area contributed by atoms with Crippen LogP contribution in [0.25, 0.3) is 0 Å². The first kappa shape index (κ1) is 22.1. The monoisotopic (exact) mass is 429 g/mol. The fourth-order valence-electron chi connectivity index (χ4n) is 4.79. The number of carbonyl (C=O) groups excluding carboxylic acids is 2. The third-order valence-corrected chi connectivity index (χ3v) is 6.69. The van der Waals surface area contributed by atoms with Gasteiger partial charge in [0.25, 0.3) is 0 Å². The van der Waals surface area contributed by atoms with Gasteiger partial charge >= 0.3 is 0 Å². The maximum Gasteiger partial charge on any atom is 0.225 e. The Morgan fingerprint density at radius 3 is 2.35 bits per heavy atom. The Morgan fingerprint density at radius 2 is 1.68 bits per heavy atom. The van der Waals surface area contributed by atoms with Crippen LogP contribution in [0.3, 0.4) is 0 Å². The number of hydrogen-bond acceptors (Lipinski definition) is 5. The van der Waals surface area contributed by atoms with E-state index in [0.717, 1.165) is 64.3 Å². The van der Waals surface area contributed by atoms with E-state index in [1.165, 1.54) is 6.42 Å². The van der Waals surface area contributed by atoms with Gasteiger partial charge in [-0.25, -0.2) is 0 Å². The van der Waals surface area contributed by atoms with E-state index < -0.39 is 0 Å². The molecule has 0 radical (unpaired) electrons. The van der Waals surface area contributed by atoms with E-state index in [-0.39, 0.29) is 17.7 Å². The summed E-state index contributed by atoms with van der Waals surface area (Å²) in [6.45, 7) is 7.09. The van der Waals surface area contributed by atoms with Gasteiger partial charge in [-0.3, -0.25) is 14.5 Å². The predicted molar refractivity (Wildman–Crippen MR) is 118 cm³/mol. The van der Waals surface area contributed by atoms with Crippen LogP contribution in [0.5, 0.6) is 5.75 Å². The molecule has 31 heavy (non-hydrogen) atoms. The molecule has 1 aromatic carbocycles. The predicted octanol–water partition coefficient (Wildman–Crippen LogP) is 2.02. The third kappa shape index (κ3) is 6.20. The number of amides is 2. The van der Waals surface area contributed by atoms with Crippen LogP contribution in [-0.4, -0.2) is 91.6 Å². The molecular weight excluding hydrogens is 394 g/mol. The van der Waals surface area contributed by atoms with Crippen molar-refractivity contribution < 1.29 is 19.1 Å². The second kappa shape index (κ2) is 11.0. The maximum absolute atomic E-state index is 13.0. The van der Waals surface area contributed by atoms with Crippen LogP contribution in [0.2, 0.25) is 0 Å². The Kier molecular flexibility index (Phi) is 7.81. The zero-order chi connectivity index (χ0) is 21.5. The highest BCUT2D eigenvalue weighted by atomic mass is 16.5. The molecule has 0 N–H and O–H groups in total. The van der Waals surface area contributed by atoms with Gasteiger partial charge in [0.05, 0.1) is 19.1 Å². The SMILES string of the molecule is O=C(CCOc1ccccc1)N1CCC(C(=O)N2CCN(CC3CCCO3)CC2)CC1. The Hall–Kier alpha value is -2.12. The first-order chi connectivity index (χ1) is 15.2. The lowest BCUT2D eigenvalue weighted by Gasteiger charge is -2.39. The van der Waals surface area contributed by atoms with E-state index in [1.807, 2.05) is 40.1 Å². The number of piperidine rings is 1. The highest BCUT2D eigenvalue weighted by Crippen LogP contribution is 2.22. The quantitative estimate of drug-likeness (QED) is 0.664. The Bertz CT molecular complexity index is 707. The molecule has 3 aliphatic rings. The molecule has 0 bridgehead atoms. The summed E-state index contributed by atoms with van der Waals surface area (Å²) in [5.74, 6) is 1.23. The smallest absolute Gasteiger partial charge is 0.225 e. The van der Waals surface area contributed by atoms with E-state index >= 15 is 0 Å². The highest BCUT2D eigenvalue weighted by molar-refractivity contribution is 5.80. The minimum Gasteiger partial charge on any atom is -0.493 e. The van der Waals surface area contributed by atoms with Crippen molar-refractivity contribution in [2.24, 2.45) is 5.92 Å². The highest BCUT2D eigenvalue weighted by Gasteiger charge is 2.32. The van der Waals surface area contributed by atoms with Crippen molar-refractivity contribution in [3.8, 4) is 5.75 Å². The molecule has 2 amide bonds. The number of hydrogen-bond donors (Lipinski definition) is 0. The van der Waals surface area contributed by atoms with Crippen LogP contribution >= 0.6 is 0 Å². The van der Waals surface area contributed by atoms with Crippen LogP contribution < -0.4 is 4.74 Å². The van der Waals surface area contributed by atoms with Crippen molar-refractivity contribution in [3.63, 3.8) is 0 Å². The molecule has 3 heterocycles. The summed E-state index contributed by atoms with van der Waals surface area (Å²) < 4.78 is 11.4. The number of ether oxygens (including phenoxy) is 2. The number of rotatable bonds is 7. The summed E-state index contributed by atoms with van der Waals surface area (Å²) >= 11 is 0. The molecule has 0 aromatic heterocycles.